The molecule has 2 rings (SSSR count). The Morgan fingerprint density at radius 1 is 1.28 bits per heavy atom. The molecule has 0 heterocycles. The second-order valence-corrected chi connectivity index (χ2v) is 6.06. The van der Waals surface area contributed by atoms with Crippen LogP contribution in [0.4, 0.5) is 5.69 Å². The number of nitriles is 1. The average molecular weight is 415 g/mol. The zero-order chi connectivity index (χ0) is 21.2. The molecule has 0 aromatic heterocycles. The molecule has 29 heavy (non-hydrogen) atoms. The maximum atomic E-state index is 11.9. The number of hydrogen-bond donors (Lipinski definition) is 1. The van der Waals surface area contributed by atoms with E-state index in [9.17, 15) is 9.59 Å². The van der Waals surface area contributed by atoms with E-state index in [1.165, 1.54) is 25.3 Å². The standard InChI is InChI=1S/C21H19ClN2O5/c1-3-28-18-11-14(10-17(22)21(18)27-2)7-8-20(26)29-13-19(25)24-16-6-4-5-15(9-16)12-23/h4-11H,3,13H2,1-2H3,(H,24,25)/b8-7+. The van der Waals surface area contributed by atoms with Crippen LogP contribution < -0.4 is 14.8 Å². The van der Waals surface area contributed by atoms with Gasteiger partial charge in [-0.2, -0.15) is 5.26 Å². The molecule has 0 aliphatic heterocycles. The Labute approximate surface area is 173 Å². The van der Waals surface area contributed by atoms with Crippen molar-refractivity contribution in [2.75, 3.05) is 25.6 Å². The van der Waals surface area contributed by atoms with Crippen molar-refractivity contribution in [3.05, 3.63) is 58.6 Å². The van der Waals surface area contributed by atoms with Gasteiger partial charge >= 0.3 is 5.97 Å². The van der Waals surface area contributed by atoms with Crippen molar-refractivity contribution < 1.29 is 23.8 Å². The third-order valence-corrected chi connectivity index (χ3v) is 3.85. The molecule has 0 saturated heterocycles. The maximum absolute atomic E-state index is 11.9. The predicted octanol–water partition coefficient (Wildman–Crippen LogP) is 3.81. The summed E-state index contributed by atoms with van der Waals surface area (Å²) in [6.45, 7) is 1.79. The van der Waals surface area contributed by atoms with Gasteiger partial charge in [-0.1, -0.05) is 17.7 Å². The Morgan fingerprint density at radius 2 is 2.07 bits per heavy atom. The Hall–Kier alpha value is -3.50. The van der Waals surface area contributed by atoms with Gasteiger partial charge in [-0.3, -0.25) is 4.79 Å². The predicted molar refractivity (Wildman–Crippen MR) is 109 cm³/mol. The molecule has 0 saturated carbocycles. The second-order valence-electron chi connectivity index (χ2n) is 5.65. The van der Waals surface area contributed by atoms with E-state index in [0.29, 0.717) is 39.9 Å². The Kier molecular flexibility index (Phi) is 8.07. The number of halogens is 1. The van der Waals surface area contributed by atoms with E-state index in [1.807, 2.05) is 13.0 Å². The zero-order valence-corrected chi connectivity index (χ0v) is 16.7. The summed E-state index contributed by atoms with van der Waals surface area (Å²) in [7, 11) is 1.48. The summed E-state index contributed by atoms with van der Waals surface area (Å²) in [6, 6.07) is 11.7. The van der Waals surface area contributed by atoms with Crippen molar-refractivity contribution in [1.29, 1.82) is 5.26 Å². The van der Waals surface area contributed by atoms with Gasteiger partial charge in [0.15, 0.2) is 18.1 Å². The van der Waals surface area contributed by atoms with Gasteiger partial charge < -0.3 is 19.5 Å². The van der Waals surface area contributed by atoms with Crippen molar-refractivity contribution in [1.82, 2.24) is 0 Å². The van der Waals surface area contributed by atoms with E-state index in [4.69, 9.17) is 31.1 Å². The molecule has 2 aromatic rings. The molecule has 8 heteroatoms. The largest absolute Gasteiger partial charge is 0.491 e. The van der Waals surface area contributed by atoms with Crippen molar-refractivity contribution in [2.45, 2.75) is 6.92 Å². The molecular weight excluding hydrogens is 396 g/mol. The highest BCUT2D eigenvalue weighted by molar-refractivity contribution is 6.32. The minimum Gasteiger partial charge on any atom is -0.491 e. The highest BCUT2D eigenvalue weighted by atomic mass is 35.5. The summed E-state index contributed by atoms with van der Waals surface area (Å²) in [5.41, 5.74) is 1.46. The fourth-order valence-corrected chi connectivity index (χ4v) is 2.65. The third-order valence-electron chi connectivity index (χ3n) is 3.57. The van der Waals surface area contributed by atoms with E-state index in [1.54, 1.807) is 30.3 Å². The van der Waals surface area contributed by atoms with Crippen LogP contribution in [0, 0.1) is 11.3 Å². The first-order chi connectivity index (χ1) is 14.0. The second kappa shape index (κ2) is 10.7. The molecule has 150 valence electrons. The molecule has 0 bridgehead atoms. The monoisotopic (exact) mass is 414 g/mol. The number of esters is 1. The molecule has 0 radical (unpaired) electrons. The first-order valence-electron chi connectivity index (χ1n) is 8.62. The molecule has 0 aliphatic carbocycles. The number of amides is 1. The van der Waals surface area contributed by atoms with Crippen LogP contribution in [0.15, 0.2) is 42.5 Å². The van der Waals surface area contributed by atoms with Crippen molar-refractivity contribution in [3.63, 3.8) is 0 Å². The summed E-state index contributed by atoms with van der Waals surface area (Å²) in [5.74, 6) is -0.358. The third kappa shape index (κ3) is 6.55. The van der Waals surface area contributed by atoms with Gasteiger partial charge in [0.25, 0.3) is 5.91 Å². The number of carbonyl (C=O) groups excluding carboxylic acids is 2. The summed E-state index contributed by atoms with van der Waals surface area (Å²) in [5, 5.41) is 11.7. The topological polar surface area (TPSA) is 97.6 Å². The lowest BCUT2D eigenvalue weighted by Crippen LogP contribution is -2.20. The molecule has 1 amide bonds. The SMILES string of the molecule is CCOc1cc(/C=C/C(=O)OCC(=O)Nc2cccc(C#N)c2)cc(Cl)c1OC. The average Bonchev–Trinajstić information content (AvgIpc) is 2.71. The summed E-state index contributed by atoms with van der Waals surface area (Å²) < 4.78 is 15.6. The van der Waals surface area contributed by atoms with E-state index in [2.05, 4.69) is 5.32 Å². The van der Waals surface area contributed by atoms with Crippen LogP contribution in [0.3, 0.4) is 0 Å². The van der Waals surface area contributed by atoms with Gasteiger partial charge in [-0.25, -0.2) is 4.79 Å². The molecule has 7 nitrogen and oxygen atoms in total. The number of nitrogens with zero attached hydrogens (tertiary/aromatic N) is 1. The van der Waals surface area contributed by atoms with Crippen LogP contribution in [-0.2, 0) is 14.3 Å². The molecule has 0 unspecified atom stereocenters. The molecule has 2 aromatic carbocycles. The fourth-order valence-electron chi connectivity index (χ4n) is 2.36. The number of methoxy groups -OCH3 is 1. The van der Waals surface area contributed by atoms with Crippen LogP contribution in [0.5, 0.6) is 11.5 Å². The Bertz CT molecular complexity index is 966. The van der Waals surface area contributed by atoms with E-state index >= 15 is 0 Å². The van der Waals surface area contributed by atoms with Gasteiger partial charge in [-0.15, -0.1) is 0 Å². The first kappa shape index (κ1) is 21.8. The normalized spacial score (nSPS) is 10.3. The van der Waals surface area contributed by atoms with Gasteiger partial charge in [-0.05, 0) is 48.9 Å². The molecule has 0 fully saturated rings. The van der Waals surface area contributed by atoms with Gasteiger partial charge in [0.2, 0.25) is 0 Å². The smallest absolute Gasteiger partial charge is 0.331 e. The van der Waals surface area contributed by atoms with Crippen molar-refractivity contribution in [3.8, 4) is 17.6 Å². The van der Waals surface area contributed by atoms with Gasteiger partial charge in [0.05, 0.1) is 30.4 Å². The molecule has 0 atom stereocenters. The van der Waals surface area contributed by atoms with Crippen LogP contribution >= 0.6 is 11.6 Å². The number of carbonyl (C=O) groups is 2. The quantitative estimate of drug-likeness (QED) is 0.521. The summed E-state index contributed by atoms with van der Waals surface area (Å²) in [4.78, 5) is 23.8. The van der Waals surface area contributed by atoms with Crippen molar-refractivity contribution in [2.24, 2.45) is 0 Å². The minimum absolute atomic E-state index is 0.338. The van der Waals surface area contributed by atoms with Crippen LogP contribution in [0.1, 0.15) is 18.1 Å². The highest BCUT2D eigenvalue weighted by Gasteiger charge is 2.11. The van der Waals surface area contributed by atoms with Gasteiger partial charge in [0, 0.05) is 11.8 Å². The molecule has 0 spiro atoms. The van der Waals surface area contributed by atoms with Crippen LogP contribution in [0.25, 0.3) is 6.08 Å². The highest BCUT2D eigenvalue weighted by Crippen LogP contribution is 2.36. The lowest BCUT2D eigenvalue weighted by Gasteiger charge is -2.11. The number of benzene rings is 2. The first-order valence-corrected chi connectivity index (χ1v) is 8.99. The van der Waals surface area contributed by atoms with Crippen LogP contribution in [-0.4, -0.2) is 32.2 Å². The number of rotatable bonds is 8. The summed E-state index contributed by atoms with van der Waals surface area (Å²) in [6.07, 6.45) is 2.67. The van der Waals surface area contributed by atoms with E-state index in [0.717, 1.165) is 0 Å². The number of ether oxygens (including phenoxy) is 3. The molecule has 0 aliphatic rings. The lowest BCUT2D eigenvalue weighted by molar-refractivity contribution is -0.142. The van der Waals surface area contributed by atoms with E-state index in [-0.39, 0.29) is 0 Å². The molecule has 1 N–H and O–H groups in total. The molecular formula is C21H19ClN2O5. The fraction of sp³-hybridized carbons (Fsp3) is 0.190. The van der Waals surface area contributed by atoms with Crippen LogP contribution in [0.2, 0.25) is 5.02 Å². The van der Waals surface area contributed by atoms with E-state index < -0.39 is 18.5 Å². The Morgan fingerprint density at radius 3 is 2.76 bits per heavy atom. The van der Waals surface area contributed by atoms with Crippen molar-refractivity contribution >= 4 is 35.2 Å². The number of hydrogen-bond acceptors (Lipinski definition) is 6. The maximum Gasteiger partial charge on any atom is 0.331 e. The number of nitrogens with one attached hydrogen (secondary N) is 1. The number of anilines is 1. The minimum atomic E-state index is -0.698. The Balaban J connectivity index is 1.94. The zero-order valence-electron chi connectivity index (χ0n) is 15.9. The lowest BCUT2D eigenvalue weighted by atomic mass is 10.2. The van der Waals surface area contributed by atoms with Gasteiger partial charge in [0.1, 0.15) is 0 Å². The summed E-state index contributed by atoms with van der Waals surface area (Å²) >= 11 is 6.16.